The molecule has 0 amide bonds. The van der Waals surface area contributed by atoms with Gasteiger partial charge in [0, 0.05) is 30.5 Å². The van der Waals surface area contributed by atoms with Crippen molar-refractivity contribution in [3.8, 4) is 12.1 Å². The van der Waals surface area contributed by atoms with Gasteiger partial charge in [0.05, 0.1) is 5.70 Å². The average molecular weight is 317 g/mol. The second-order valence-corrected chi connectivity index (χ2v) is 4.78. The number of benzene rings is 1. The summed E-state index contributed by atoms with van der Waals surface area (Å²) in [5, 5.41) is 20.8. The van der Waals surface area contributed by atoms with Crippen molar-refractivity contribution >= 4 is 21.6 Å². The molecule has 0 heterocycles. The lowest BCUT2D eigenvalue weighted by Gasteiger charge is -2.13. The minimum absolute atomic E-state index is 0.0808. The van der Waals surface area contributed by atoms with Crippen LogP contribution in [0.15, 0.2) is 52.3 Å². The number of allylic oxidation sites excluding steroid dienone is 2. The van der Waals surface area contributed by atoms with Crippen LogP contribution in [0.3, 0.4) is 0 Å². The Morgan fingerprint density at radius 3 is 2.53 bits per heavy atom. The third kappa shape index (κ3) is 4.50. The van der Waals surface area contributed by atoms with Gasteiger partial charge in [-0.05, 0) is 24.3 Å². The van der Waals surface area contributed by atoms with E-state index in [1.807, 2.05) is 36.4 Å². The van der Waals surface area contributed by atoms with E-state index < -0.39 is 0 Å². The number of hydrogen-bond donors (Lipinski definition) is 1. The largest absolute Gasteiger partial charge is 0.376 e. The number of anilines is 1. The van der Waals surface area contributed by atoms with Gasteiger partial charge in [-0.1, -0.05) is 22.0 Å². The van der Waals surface area contributed by atoms with Crippen molar-refractivity contribution in [2.45, 2.75) is 0 Å². The highest BCUT2D eigenvalue weighted by Gasteiger charge is 2.04. The Morgan fingerprint density at radius 1 is 1.32 bits per heavy atom. The smallest absolute Gasteiger partial charge is 0.152 e. The van der Waals surface area contributed by atoms with Crippen LogP contribution in [-0.2, 0) is 0 Å². The fraction of sp³-hybridized carbons (Fsp3) is 0.143. The third-order valence-electron chi connectivity index (χ3n) is 2.28. The van der Waals surface area contributed by atoms with E-state index in [0.29, 0.717) is 5.70 Å². The maximum absolute atomic E-state index is 8.88. The van der Waals surface area contributed by atoms with Gasteiger partial charge in [-0.15, -0.1) is 0 Å². The minimum Gasteiger partial charge on any atom is -0.376 e. The molecule has 0 aliphatic heterocycles. The summed E-state index contributed by atoms with van der Waals surface area (Å²) < 4.78 is 0.976. The molecule has 1 aromatic rings. The molecule has 0 aliphatic rings. The number of likely N-dealkylation sites (N-methyl/N-ethyl adjacent to an activating group) is 1. The van der Waals surface area contributed by atoms with Crippen molar-refractivity contribution in [2.24, 2.45) is 0 Å². The number of rotatable bonds is 4. The molecule has 19 heavy (non-hydrogen) atoms. The predicted molar refractivity (Wildman–Crippen MR) is 78.8 cm³/mol. The second-order valence-electron chi connectivity index (χ2n) is 3.87. The Morgan fingerprint density at radius 2 is 2.00 bits per heavy atom. The average Bonchev–Trinajstić information content (AvgIpc) is 2.38. The van der Waals surface area contributed by atoms with Crippen LogP contribution in [0.2, 0.25) is 0 Å². The number of nitriles is 2. The Bertz CT molecular complexity index is 572. The molecule has 0 unspecified atom stereocenters. The highest BCUT2D eigenvalue weighted by Crippen LogP contribution is 2.16. The summed E-state index contributed by atoms with van der Waals surface area (Å²) in [4.78, 5) is 1.72. The van der Waals surface area contributed by atoms with E-state index in [9.17, 15) is 0 Å². The molecular weight excluding hydrogens is 304 g/mol. The summed E-state index contributed by atoms with van der Waals surface area (Å²) in [6.45, 7) is 0. The maximum Gasteiger partial charge on any atom is 0.152 e. The molecule has 0 radical (unpaired) electrons. The van der Waals surface area contributed by atoms with E-state index in [1.165, 1.54) is 0 Å². The SMILES string of the molecule is CN(C)C(C=CNc1cccc(Br)c1)=C(C#N)C#N. The van der Waals surface area contributed by atoms with Crippen molar-refractivity contribution in [3.63, 3.8) is 0 Å². The van der Waals surface area contributed by atoms with Crippen LogP contribution < -0.4 is 5.32 Å². The fourth-order valence-corrected chi connectivity index (χ4v) is 1.79. The highest BCUT2D eigenvalue weighted by molar-refractivity contribution is 9.10. The van der Waals surface area contributed by atoms with Crippen LogP contribution in [0.4, 0.5) is 5.69 Å². The van der Waals surface area contributed by atoms with E-state index in [2.05, 4.69) is 21.2 Å². The Balaban J connectivity index is 2.89. The van der Waals surface area contributed by atoms with Crippen molar-refractivity contribution < 1.29 is 0 Å². The van der Waals surface area contributed by atoms with Gasteiger partial charge in [0.25, 0.3) is 0 Å². The molecule has 0 aromatic heterocycles. The van der Waals surface area contributed by atoms with Crippen LogP contribution in [0.25, 0.3) is 0 Å². The minimum atomic E-state index is 0.0808. The van der Waals surface area contributed by atoms with Gasteiger partial charge in [-0.2, -0.15) is 10.5 Å². The maximum atomic E-state index is 8.88. The van der Waals surface area contributed by atoms with E-state index in [-0.39, 0.29) is 5.57 Å². The molecule has 5 heteroatoms. The number of halogens is 1. The lowest BCUT2D eigenvalue weighted by molar-refractivity contribution is 0.527. The summed E-state index contributed by atoms with van der Waals surface area (Å²) in [7, 11) is 3.57. The molecule has 0 spiro atoms. The van der Waals surface area contributed by atoms with Crippen LogP contribution in [0, 0.1) is 22.7 Å². The highest BCUT2D eigenvalue weighted by atomic mass is 79.9. The fourth-order valence-electron chi connectivity index (χ4n) is 1.39. The zero-order valence-electron chi connectivity index (χ0n) is 10.7. The molecule has 0 atom stereocenters. The van der Waals surface area contributed by atoms with Crippen LogP contribution in [0.1, 0.15) is 0 Å². The van der Waals surface area contributed by atoms with Gasteiger partial charge < -0.3 is 10.2 Å². The zero-order valence-corrected chi connectivity index (χ0v) is 12.3. The molecule has 1 N–H and O–H groups in total. The summed E-state index contributed by atoms with van der Waals surface area (Å²) >= 11 is 3.38. The number of nitrogens with one attached hydrogen (secondary N) is 1. The van der Waals surface area contributed by atoms with E-state index in [1.54, 1.807) is 31.3 Å². The van der Waals surface area contributed by atoms with Crippen molar-refractivity contribution in [1.82, 2.24) is 4.90 Å². The van der Waals surface area contributed by atoms with E-state index >= 15 is 0 Å². The second kappa shape index (κ2) is 7.25. The molecule has 96 valence electrons. The Labute approximate surface area is 121 Å². The quantitative estimate of drug-likeness (QED) is 0.684. The first-order chi connectivity index (χ1) is 9.08. The first-order valence-electron chi connectivity index (χ1n) is 5.49. The molecule has 1 rings (SSSR count). The first kappa shape index (κ1) is 14.8. The van der Waals surface area contributed by atoms with Gasteiger partial charge in [0.15, 0.2) is 5.57 Å². The first-order valence-corrected chi connectivity index (χ1v) is 6.28. The van der Waals surface area contributed by atoms with Gasteiger partial charge in [-0.3, -0.25) is 0 Å². The monoisotopic (exact) mass is 316 g/mol. The zero-order chi connectivity index (χ0) is 14.3. The standard InChI is InChI=1S/C14H13BrN4/c1-19(2)14(11(9-16)10-17)6-7-18-13-5-3-4-12(15)8-13/h3-8,18H,1-2H3. The topological polar surface area (TPSA) is 62.9 Å². The van der Waals surface area contributed by atoms with E-state index in [4.69, 9.17) is 10.5 Å². The number of hydrogen-bond acceptors (Lipinski definition) is 4. The molecule has 0 aliphatic carbocycles. The van der Waals surface area contributed by atoms with E-state index in [0.717, 1.165) is 10.2 Å². The van der Waals surface area contributed by atoms with Gasteiger partial charge in [0.2, 0.25) is 0 Å². The summed E-state index contributed by atoms with van der Waals surface area (Å²) in [5.74, 6) is 0. The van der Waals surface area contributed by atoms with Gasteiger partial charge in [0.1, 0.15) is 12.1 Å². The molecule has 1 aromatic carbocycles. The third-order valence-corrected chi connectivity index (χ3v) is 2.77. The molecular formula is C14H13BrN4. The molecule has 0 bridgehead atoms. The summed E-state index contributed by atoms with van der Waals surface area (Å²) in [6.07, 6.45) is 3.40. The summed E-state index contributed by atoms with van der Waals surface area (Å²) in [5.41, 5.74) is 1.56. The Hall–Kier alpha value is -2.24. The van der Waals surface area contributed by atoms with Crippen molar-refractivity contribution in [2.75, 3.05) is 19.4 Å². The Kier molecular flexibility index (Phi) is 5.66. The molecule has 0 saturated heterocycles. The van der Waals surface area contributed by atoms with Crippen molar-refractivity contribution in [1.29, 1.82) is 10.5 Å². The normalized spacial score (nSPS) is 9.53. The van der Waals surface area contributed by atoms with Crippen LogP contribution in [-0.4, -0.2) is 19.0 Å². The summed E-state index contributed by atoms with van der Waals surface area (Å²) in [6, 6.07) is 11.5. The van der Waals surface area contributed by atoms with Gasteiger partial charge >= 0.3 is 0 Å². The predicted octanol–water partition coefficient (Wildman–Crippen LogP) is 3.24. The van der Waals surface area contributed by atoms with Crippen LogP contribution >= 0.6 is 15.9 Å². The molecule has 0 saturated carbocycles. The molecule has 0 fully saturated rings. The number of nitrogens with zero attached hydrogens (tertiary/aromatic N) is 3. The lowest BCUT2D eigenvalue weighted by Crippen LogP contribution is -2.11. The van der Waals surface area contributed by atoms with Crippen molar-refractivity contribution in [3.05, 3.63) is 52.3 Å². The van der Waals surface area contributed by atoms with Crippen LogP contribution in [0.5, 0.6) is 0 Å². The van der Waals surface area contributed by atoms with Gasteiger partial charge in [-0.25, -0.2) is 0 Å². The molecule has 4 nitrogen and oxygen atoms in total. The lowest BCUT2D eigenvalue weighted by atomic mass is 10.2.